The molecule has 2 rings (SSSR count). The second kappa shape index (κ2) is 7.45. The molecule has 0 saturated heterocycles. The Morgan fingerprint density at radius 1 is 0.909 bits per heavy atom. The van der Waals surface area contributed by atoms with Crippen molar-refractivity contribution in [1.29, 1.82) is 0 Å². The van der Waals surface area contributed by atoms with Crippen molar-refractivity contribution in [1.82, 2.24) is 0 Å². The van der Waals surface area contributed by atoms with Gasteiger partial charge in [-0.05, 0) is 36.8 Å². The topological polar surface area (TPSA) is 61.8 Å². The quantitative estimate of drug-likeness (QED) is 0.606. The molecule has 0 atom stereocenters. The Labute approximate surface area is 128 Å². The summed E-state index contributed by atoms with van der Waals surface area (Å²) in [4.78, 5) is 23.8. The fraction of sp³-hybridized carbons (Fsp3) is 0.294. The lowest BCUT2D eigenvalue weighted by atomic mass is 10.1. The van der Waals surface area contributed by atoms with Crippen molar-refractivity contribution < 1.29 is 23.8 Å². The second-order valence-electron chi connectivity index (χ2n) is 4.51. The zero-order valence-corrected chi connectivity index (χ0v) is 12.6. The van der Waals surface area contributed by atoms with Gasteiger partial charge in [-0.1, -0.05) is 30.3 Å². The lowest BCUT2D eigenvalue weighted by Gasteiger charge is -2.16. The fourth-order valence-corrected chi connectivity index (χ4v) is 2.01. The van der Waals surface area contributed by atoms with Gasteiger partial charge in [0.15, 0.2) is 0 Å². The number of hydrogen-bond donors (Lipinski definition) is 0. The zero-order chi connectivity index (χ0) is 15.9. The number of esters is 2. The Kier molecular flexibility index (Phi) is 5.36. The Morgan fingerprint density at radius 2 is 1.50 bits per heavy atom. The molecule has 2 aromatic rings. The van der Waals surface area contributed by atoms with E-state index in [9.17, 15) is 9.59 Å². The van der Waals surface area contributed by atoms with E-state index < -0.39 is 18.0 Å². The van der Waals surface area contributed by atoms with Crippen LogP contribution in [-0.4, -0.2) is 31.3 Å². The van der Waals surface area contributed by atoms with E-state index in [2.05, 4.69) is 0 Å². The summed E-state index contributed by atoms with van der Waals surface area (Å²) in [5, 5.41) is 1.99. The Hall–Kier alpha value is -2.56. The second-order valence-corrected chi connectivity index (χ2v) is 4.51. The molecule has 0 radical (unpaired) electrons. The van der Waals surface area contributed by atoms with Crippen LogP contribution in [-0.2, 0) is 19.1 Å². The Balaban J connectivity index is 2.23. The molecule has 5 nitrogen and oxygen atoms in total. The summed E-state index contributed by atoms with van der Waals surface area (Å²) in [5.74, 6) is -1.10. The Morgan fingerprint density at radius 3 is 2.09 bits per heavy atom. The molecule has 5 heteroatoms. The Bertz CT molecular complexity index is 647. The van der Waals surface area contributed by atoms with Gasteiger partial charge in [0.05, 0.1) is 13.2 Å². The van der Waals surface area contributed by atoms with Crippen molar-refractivity contribution in [3.8, 4) is 5.75 Å². The third-order valence-corrected chi connectivity index (χ3v) is 2.98. The van der Waals surface area contributed by atoms with E-state index >= 15 is 0 Å². The highest BCUT2D eigenvalue weighted by Gasteiger charge is 2.31. The SMILES string of the molecule is CCOC(=O)C(Oc1ccc2ccccc2c1)C(=O)OCC. The van der Waals surface area contributed by atoms with Gasteiger partial charge >= 0.3 is 11.9 Å². The van der Waals surface area contributed by atoms with Crippen LogP contribution in [0.2, 0.25) is 0 Å². The van der Waals surface area contributed by atoms with Crippen LogP contribution in [0.1, 0.15) is 13.8 Å². The van der Waals surface area contributed by atoms with Crippen LogP contribution in [0.25, 0.3) is 10.8 Å². The van der Waals surface area contributed by atoms with Crippen LogP contribution in [0.4, 0.5) is 0 Å². The standard InChI is InChI=1S/C17H18O5/c1-3-20-16(18)15(17(19)21-4-2)22-14-10-9-12-7-5-6-8-13(12)11-14/h5-11,15H,3-4H2,1-2H3. The van der Waals surface area contributed by atoms with Gasteiger partial charge in [-0.15, -0.1) is 0 Å². The van der Waals surface area contributed by atoms with Crippen LogP contribution in [0.15, 0.2) is 42.5 Å². The lowest BCUT2D eigenvalue weighted by molar-refractivity contribution is -0.166. The average molecular weight is 302 g/mol. The van der Waals surface area contributed by atoms with Crippen LogP contribution < -0.4 is 4.74 Å². The van der Waals surface area contributed by atoms with Crippen molar-refractivity contribution in [3.05, 3.63) is 42.5 Å². The molecule has 0 fully saturated rings. The maximum absolute atomic E-state index is 11.9. The van der Waals surface area contributed by atoms with Crippen LogP contribution in [0.3, 0.4) is 0 Å². The molecule has 0 aromatic heterocycles. The largest absolute Gasteiger partial charge is 0.467 e. The van der Waals surface area contributed by atoms with Crippen molar-refractivity contribution in [2.24, 2.45) is 0 Å². The average Bonchev–Trinajstić information content (AvgIpc) is 2.52. The van der Waals surface area contributed by atoms with E-state index in [4.69, 9.17) is 14.2 Å². The summed E-state index contributed by atoms with van der Waals surface area (Å²) in [6.45, 7) is 3.65. The highest BCUT2D eigenvalue weighted by Crippen LogP contribution is 2.22. The predicted molar refractivity (Wildman–Crippen MR) is 81.6 cm³/mol. The first-order valence-electron chi connectivity index (χ1n) is 7.14. The van der Waals surface area contributed by atoms with Crippen molar-refractivity contribution >= 4 is 22.7 Å². The minimum atomic E-state index is -1.42. The molecule has 0 amide bonds. The molecule has 0 spiro atoms. The molecule has 2 aromatic carbocycles. The number of benzene rings is 2. The molecule has 0 aliphatic carbocycles. The van der Waals surface area contributed by atoms with Gasteiger partial charge in [-0.2, -0.15) is 0 Å². The van der Waals surface area contributed by atoms with Gasteiger partial charge < -0.3 is 14.2 Å². The normalized spacial score (nSPS) is 10.5. The smallest absolute Gasteiger partial charge is 0.359 e. The first-order valence-corrected chi connectivity index (χ1v) is 7.14. The third-order valence-electron chi connectivity index (χ3n) is 2.98. The van der Waals surface area contributed by atoms with E-state index in [1.165, 1.54) is 0 Å². The van der Waals surface area contributed by atoms with Crippen molar-refractivity contribution in [2.45, 2.75) is 20.0 Å². The third kappa shape index (κ3) is 3.75. The maximum Gasteiger partial charge on any atom is 0.359 e. The molecule has 0 unspecified atom stereocenters. The zero-order valence-electron chi connectivity index (χ0n) is 12.6. The summed E-state index contributed by atoms with van der Waals surface area (Å²) in [6.07, 6.45) is -1.42. The van der Waals surface area contributed by atoms with E-state index in [1.54, 1.807) is 26.0 Å². The molecular weight excluding hydrogens is 284 g/mol. The number of hydrogen-bond acceptors (Lipinski definition) is 5. The first kappa shape index (κ1) is 15.8. The molecule has 0 aliphatic heterocycles. The highest BCUT2D eigenvalue weighted by atomic mass is 16.6. The van der Waals surface area contributed by atoms with Crippen molar-refractivity contribution in [3.63, 3.8) is 0 Å². The molecule has 0 bridgehead atoms. The van der Waals surface area contributed by atoms with Gasteiger partial charge in [-0.25, -0.2) is 9.59 Å². The van der Waals surface area contributed by atoms with E-state index in [1.807, 2.05) is 30.3 Å². The summed E-state index contributed by atoms with van der Waals surface area (Å²) in [5.41, 5.74) is 0. The van der Waals surface area contributed by atoms with Gasteiger partial charge in [0, 0.05) is 0 Å². The minimum absolute atomic E-state index is 0.163. The van der Waals surface area contributed by atoms with E-state index in [0.717, 1.165) is 10.8 Å². The molecule has 0 heterocycles. The number of ether oxygens (including phenoxy) is 3. The molecule has 0 aliphatic rings. The summed E-state index contributed by atoms with van der Waals surface area (Å²) >= 11 is 0. The summed E-state index contributed by atoms with van der Waals surface area (Å²) in [7, 11) is 0. The number of carbonyl (C=O) groups is 2. The van der Waals surface area contributed by atoms with Gasteiger partial charge in [0.1, 0.15) is 5.75 Å². The number of rotatable bonds is 6. The molecule has 22 heavy (non-hydrogen) atoms. The number of fused-ring (bicyclic) bond motifs is 1. The van der Waals surface area contributed by atoms with Gasteiger partial charge in [0.25, 0.3) is 6.10 Å². The molecule has 116 valence electrons. The van der Waals surface area contributed by atoms with Gasteiger partial charge in [0.2, 0.25) is 0 Å². The predicted octanol–water partition coefficient (Wildman–Crippen LogP) is 2.71. The lowest BCUT2D eigenvalue weighted by Crippen LogP contribution is -2.38. The monoisotopic (exact) mass is 302 g/mol. The van der Waals surface area contributed by atoms with E-state index in [-0.39, 0.29) is 13.2 Å². The van der Waals surface area contributed by atoms with E-state index in [0.29, 0.717) is 5.75 Å². The molecular formula is C17H18O5. The highest BCUT2D eigenvalue weighted by molar-refractivity contribution is 5.98. The maximum atomic E-state index is 11.9. The fourth-order valence-electron chi connectivity index (χ4n) is 2.01. The first-order chi connectivity index (χ1) is 10.7. The molecule has 0 N–H and O–H groups in total. The van der Waals surface area contributed by atoms with Crippen LogP contribution >= 0.6 is 0 Å². The number of carbonyl (C=O) groups excluding carboxylic acids is 2. The van der Waals surface area contributed by atoms with Crippen LogP contribution in [0.5, 0.6) is 5.75 Å². The van der Waals surface area contributed by atoms with Gasteiger partial charge in [-0.3, -0.25) is 0 Å². The van der Waals surface area contributed by atoms with Crippen molar-refractivity contribution in [2.75, 3.05) is 13.2 Å². The van der Waals surface area contributed by atoms with Crippen LogP contribution in [0, 0.1) is 0 Å². The summed E-state index contributed by atoms with van der Waals surface area (Å²) in [6, 6.07) is 13.1. The molecule has 0 saturated carbocycles. The minimum Gasteiger partial charge on any atom is -0.467 e. The summed E-state index contributed by atoms with van der Waals surface area (Å²) < 4.78 is 15.2.